The molecule has 0 atom stereocenters. The van der Waals surface area contributed by atoms with Gasteiger partial charge in [-0.05, 0) is 25.7 Å². The first-order chi connectivity index (χ1) is 4.56. The van der Waals surface area contributed by atoms with Gasteiger partial charge in [-0.1, -0.05) is 0 Å². The van der Waals surface area contributed by atoms with Crippen molar-refractivity contribution in [3.05, 3.63) is 0 Å². The second-order valence-electron chi connectivity index (χ2n) is 3.86. The highest BCUT2D eigenvalue weighted by Crippen LogP contribution is 2.59. The lowest BCUT2D eigenvalue weighted by Crippen LogP contribution is -2.55. The quantitative estimate of drug-likeness (QED) is 0.527. The van der Waals surface area contributed by atoms with Crippen molar-refractivity contribution in [3.63, 3.8) is 0 Å². The first-order valence-electron chi connectivity index (χ1n) is 3.65. The molecule has 10 heavy (non-hydrogen) atoms. The number of amides is 1. The summed E-state index contributed by atoms with van der Waals surface area (Å²) in [5.74, 6) is -0.147. The Hall–Kier alpha value is -0.570. The van der Waals surface area contributed by atoms with Crippen LogP contribution in [0.1, 0.15) is 25.7 Å². The van der Waals surface area contributed by atoms with Gasteiger partial charge in [-0.2, -0.15) is 0 Å². The fourth-order valence-electron chi connectivity index (χ4n) is 2.44. The summed E-state index contributed by atoms with van der Waals surface area (Å²) in [6.45, 7) is 0. The molecule has 0 saturated heterocycles. The highest BCUT2D eigenvalue weighted by molar-refractivity contribution is 5.83. The summed E-state index contributed by atoms with van der Waals surface area (Å²) < 4.78 is 0. The van der Waals surface area contributed by atoms with Gasteiger partial charge in [0.25, 0.3) is 0 Å². The van der Waals surface area contributed by atoms with Crippen LogP contribution in [-0.2, 0) is 4.79 Å². The second kappa shape index (κ2) is 1.37. The summed E-state index contributed by atoms with van der Waals surface area (Å²) in [5.41, 5.74) is 10.9. The fraction of sp³-hybridized carbons (Fsp3) is 0.857. The third-order valence-electron chi connectivity index (χ3n) is 3.01. The fourth-order valence-corrected chi connectivity index (χ4v) is 2.44. The van der Waals surface area contributed by atoms with E-state index in [2.05, 4.69) is 0 Å². The molecule has 0 heterocycles. The summed E-state index contributed by atoms with van der Waals surface area (Å²) >= 11 is 0. The van der Waals surface area contributed by atoms with E-state index in [1.165, 1.54) is 0 Å². The monoisotopic (exact) mass is 140 g/mol. The molecule has 0 radical (unpaired) electrons. The van der Waals surface area contributed by atoms with E-state index in [-0.39, 0.29) is 16.9 Å². The Morgan fingerprint density at radius 3 is 2.10 bits per heavy atom. The van der Waals surface area contributed by atoms with E-state index in [1.807, 2.05) is 0 Å². The zero-order chi connectivity index (χ0) is 7.41. The molecule has 2 bridgehead atoms. The lowest BCUT2D eigenvalue weighted by atomic mass is 9.65. The molecule has 0 aromatic heterocycles. The maximum absolute atomic E-state index is 10.9. The third-order valence-corrected chi connectivity index (χ3v) is 3.01. The van der Waals surface area contributed by atoms with Crippen LogP contribution in [0, 0.1) is 5.41 Å². The van der Waals surface area contributed by atoms with Gasteiger partial charge in [0, 0.05) is 5.54 Å². The smallest absolute Gasteiger partial charge is 0.223 e. The molecule has 0 aromatic rings. The molecule has 3 aliphatic rings. The van der Waals surface area contributed by atoms with Crippen molar-refractivity contribution in [2.45, 2.75) is 31.2 Å². The average Bonchev–Trinajstić information content (AvgIpc) is 2.19. The van der Waals surface area contributed by atoms with E-state index in [0.29, 0.717) is 0 Å². The van der Waals surface area contributed by atoms with Gasteiger partial charge in [0.1, 0.15) is 0 Å². The molecule has 3 saturated carbocycles. The summed E-state index contributed by atoms with van der Waals surface area (Å²) in [4.78, 5) is 10.9. The number of hydrogen-bond donors (Lipinski definition) is 2. The Morgan fingerprint density at radius 2 is 1.90 bits per heavy atom. The Bertz CT molecular complexity index is 194. The van der Waals surface area contributed by atoms with Crippen molar-refractivity contribution in [3.8, 4) is 0 Å². The number of carbonyl (C=O) groups is 1. The van der Waals surface area contributed by atoms with Crippen molar-refractivity contribution in [1.29, 1.82) is 0 Å². The molecule has 0 spiro atoms. The SMILES string of the molecule is NC(=O)C12CCC(N)(C1)C2. The lowest BCUT2D eigenvalue weighted by molar-refractivity contribution is -0.132. The summed E-state index contributed by atoms with van der Waals surface area (Å²) in [6, 6.07) is 0. The van der Waals surface area contributed by atoms with Gasteiger partial charge in [0.2, 0.25) is 5.91 Å². The highest BCUT2D eigenvalue weighted by Gasteiger charge is 2.61. The third kappa shape index (κ3) is 0.515. The number of fused-ring (bicyclic) bond motifs is 1. The number of rotatable bonds is 1. The van der Waals surface area contributed by atoms with E-state index in [1.54, 1.807) is 0 Å². The van der Waals surface area contributed by atoms with Gasteiger partial charge >= 0.3 is 0 Å². The molecule has 0 aromatic carbocycles. The minimum atomic E-state index is -0.186. The van der Waals surface area contributed by atoms with Crippen molar-refractivity contribution in [2.75, 3.05) is 0 Å². The van der Waals surface area contributed by atoms with Crippen molar-refractivity contribution < 1.29 is 4.79 Å². The minimum Gasteiger partial charge on any atom is -0.369 e. The minimum absolute atomic E-state index is 0.0188. The first-order valence-corrected chi connectivity index (χ1v) is 3.65. The van der Waals surface area contributed by atoms with Crippen molar-refractivity contribution in [1.82, 2.24) is 0 Å². The maximum atomic E-state index is 10.9. The Morgan fingerprint density at radius 1 is 1.30 bits per heavy atom. The van der Waals surface area contributed by atoms with Gasteiger partial charge < -0.3 is 11.5 Å². The zero-order valence-corrected chi connectivity index (χ0v) is 5.89. The van der Waals surface area contributed by atoms with Crippen LogP contribution in [0.25, 0.3) is 0 Å². The van der Waals surface area contributed by atoms with E-state index < -0.39 is 0 Å². The molecule has 3 fully saturated rings. The Balaban J connectivity index is 2.20. The molecule has 4 N–H and O–H groups in total. The Labute approximate surface area is 59.8 Å². The lowest BCUT2D eigenvalue weighted by Gasteiger charge is -2.42. The van der Waals surface area contributed by atoms with Gasteiger partial charge in [-0.15, -0.1) is 0 Å². The van der Waals surface area contributed by atoms with E-state index in [4.69, 9.17) is 11.5 Å². The first kappa shape index (κ1) is 6.16. The molecule has 3 nitrogen and oxygen atoms in total. The molecular weight excluding hydrogens is 128 g/mol. The average molecular weight is 140 g/mol. The topological polar surface area (TPSA) is 69.1 Å². The van der Waals surface area contributed by atoms with Crippen LogP contribution in [0.3, 0.4) is 0 Å². The van der Waals surface area contributed by atoms with E-state index in [0.717, 1.165) is 25.7 Å². The van der Waals surface area contributed by atoms with Gasteiger partial charge in [-0.25, -0.2) is 0 Å². The standard InChI is InChI=1S/C7H12N2O/c8-5(10)6-1-2-7(9,3-6)4-6/h1-4,9H2,(H2,8,10). The molecule has 3 heteroatoms. The second-order valence-corrected chi connectivity index (χ2v) is 3.86. The molecule has 1 amide bonds. The predicted octanol–water partition coefficient (Wildman–Crippen LogP) is -0.257. The van der Waals surface area contributed by atoms with Crippen LogP contribution >= 0.6 is 0 Å². The van der Waals surface area contributed by atoms with Crippen LogP contribution in [0.4, 0.5) is 0 Å². The molecule has 3 rings (SSSR count). The molecule has 3 aliphatic carbocycles. The number of carbonyl (C=O) groups excluding carboxylic acids is 1. The summed E-state index contributed by atoms with van der Waals surface area (Å²) in [5, 5.41) is 0. The van der Waals surface area contributed by atoms with Crippen LogP contribution in [-0.4, -0.2) is 11.4 Å². The summed E-state index contributed by atoms with van der Waals surface area (Å²) in [7, 11) is 0. The molecule has 0 aliphatic heterocycles. The van der Waals surface area contributed by atoms with Crippen LogP contribution < -0.4 is 11.5 Å². The molecule has 56 valence electrons. The molecular formula is C7H12N2O. The van der Waals surface area contributed by atoms with Crippen LogP contribution in [0.2, 0.25) is 0 Å². The number of nitrogens with two attached hydrogens (primary N) is 2. The highest BCUT2D eigenvalue weighted by atomic mass is 16.1. The van der Waals surface area contributed by atoms with Crippen LogP contribution in [0.15, 0.2) is 0 Å². The van der Waals surface area contributed by atoms with E-state index in [9.17, 15) is 4.79 Å². The molecule has 0 unspecified atom stereocenters. The largest absolute Gasteiger partial charge is 0.369 e. The van der Waals surface area contributed by atoms with Crippen molar-refractivity contribution in [2.24, 2.45) is 16.9 Å². The number of primary amides is 1. The number of hydrogen-bond acceptors (Lipinski definition) is 2. The zero-order valence-electron chi connectivity index (χ0n) is 5.89. The van der Waals surface area contributed by atoms with Gasteiger partial charge in [-0.3, -0.25) is 4.79 Å². The van der Waals surface area contributed by atoms with Crippen LogP contribution in [0.5, 0.6) is 0 Å². The predicted molar refractivity (Wildman–Crippen MR) is 37.0 cm³/mol. The summed E-state index contributed by atoms with van der Waals surface area (Å²) in [6.07, 6.45) is 3.56. The van der Waals surface area contributed by atoms with E-state index >= 15 is 0 Å². The van der Waals surface area contributed by atoms with Gasteiger partial charge in [0.05, 0.1) is 5.41 Å². The Kier molecular flexibility index (Phi) is 0.844. The maximum Gasteiger partial charge on any atom is 0.223 e. The van der Waals surface area contributed by atoms with Gasteiger partial charge in [0.15, 0.2) is 0 Å². The normalized spacial score (nSPS) is 50.5. The van der Waals surface area contributed by atoms with Crippen molar-refractivity contribution >= 4 is 5.91 Å².